The topological polar surface area (TPSA) is 128 Å². The van der Waals surface area contributed by atoms with Crippen LogP contribution in [0, 0.1) is 5.41 Å². The summed E-state index contributed by atoms with van der Waals surface area (Å²) in [5.74, 6) is -3.29. The first kappa shape index (κ1) is 28.5. The van der Waals surface area contributed by atoms with Crippen LogP contribution in [0.25, 0.3) is 11.0 Å². The van der Waals surface area contributed by atoms with Gasteiger partial charge in [0.1, 0.15) is 11.3 Å². The summed E-state index contributed by atoms with van der Waals surface area (Å²) in [6.45, 7) is 1.30. The monoisotopic (exact) mass is 600 g/mol. The Morgan fingerprint density at radius 2 is 1.64 bits per heavy atom. The van der Waals surface area contributed by atoms with Gasteiger partial charge in [0.05, 0.1) is 40.5 Å². The predicted octanol–water partition coefficient (Wildman–Crippen LogP) is 4.23. The first-order chi connectivity index (χ1) is 20.1. The van der Waals surface area contributed by atoms with Crippen LogP contribution in [0.4, 0.5) is 31.7 Å². The third kappa shape index (κ3) is 6.12. The highest BCUT2D eigenvalue weighted by Crippen LogP contribution is 2.54. The van der Waals surface area contributed by atoms with E-state index in [1.54, 1.807) is 36.5 Å². The van der Waals surface area contributed by atoms with E-state index in [2.05, 4.69) is 24.9 Å². The largest absolute Gasteiger partial charge is 0.395 e. The second-order valence-corrected chi connectivity index (χ2v) is 13.4. The molecule has 1 saturated carbocycles. The second-order valence-electron chi connectivity index (χ2n) is 11.6. The van der Waals surface area contributed by atoms with Crippen molar-refractivity contribution < 1.29 is 27.1 Å². The van der Waals surface area contributed by atoms with Crippen LogP contribution in [0.3, 0.4) is 0 Å². The van der Waals surface area contributed by atoms with E-state index >= 15 is 0 Å². The lowest BCUT2D eigenvalue weighted by atomic mass is 9.93. The molecule has 3 N–H and O–H groups in total. The maximum absolute atomic E-state index is 13.9. The summed E-state index contributed by atoms with van der Waals surface area (Å²) in [5, 5.41) is 12.0. The van der Waals surface area contributed by atoms with Crippen molar-refractivity contribution in [2.24, 2.45) is 5.41 Å². The number of nitrogens with one attached hydrogen (secondary N) is 2. The number of alkyl halides is 2. The van der Waals surface area contributed by atoms with Crippen molar-refractivity contribution in [1.29, 1.82) is 0 Å². The van der Waals surface area contributed by atoms with Crippen molar-refractivity contribution >= 4 is 49.8 Å². The zero-order chi connectivity index (χ0) is 29.5. The number of hydrogen-bond acceptors (Lipinski definition) is 8. The average molecular weight is 601 g/mol. The van der Waals surface area contributed by atoms with E-state index in [0.29, 0.717) is 39.1 Å². The number of aliphatic hydroxyl groups excluding tert-OH is 1. The van der Waals surface area contributed by atoms with Crippen LogP contribution in [-0.4, -0.2) is 73.9 Å². The molecule has 1 aliphatic carbocycles. The molecular weight excluding hydrogens is 566 g/mol. The number of rotatable bonds is 8. The molecule has 224 valence electrons. The van der Waals surface area contributed by atoms with E-state index in [0.717, 1.165) is 25.9 Å². The van der Waals surface area contributed by atoms with E-state index in [1.165, 1.54) is 18.9 Å². The lowest BCUT2D eigenvalue weighted by molar-refractivity contribution is -0.0220. The van der Waals surface area contributed by atoms with Crippen LogP contribution < -0.4 is 19.8 Å². The fourth-order valence-electron chi connectivity index (χ4n) is 5.91. The van der Waals surface area contributed by atoms with Gasteiger partial charge in [-0.25, -0.2) is 22.2 Å². The lowest BCUT2D eigenvalue weighted by Gasteiger charge is -2.35. The number of anilines is 4. The van der Waals surface area contributed by atoms with E-state index in [-0.39, 0.29) is 31.7 Å². The normalized spacial score (nSPS) is 19.6. The smallest absolute Gasteiger partial charge is 0.258 e. The van der Waals surface area contributed by atoms with Gasteiger partial charge in [0.15, 0.2) is 0 Å². The third-order valence-corrected chi connectivity index (χ3v) is 9.88. The molecule has 2 saturated heterocycles. The van der Waals surface area contributed by atoms with Gasteiger partial charge in [-0.05, 0) is 61.4 Å². The summed E-state index contributed by atoms with van der Waals surface area (Å²) in [5.41, 5.74) is 3.40. The molecule has 10 nitrogen and oxygen atoms in total. The van der Waals surface area contributed by atoms with Crippen LogP contribution in [0.15, 0.2) is 42.6 Å². The van der Waals surface area contributed by atoms with Crippen LogP contribution in [0.5, 0.6) is 0 Å². The molecule has 0 radical (unpaired) electrons. The van der Waals surface area contributed by atoms with Gasteiger partial charge in [-0.1, -0.05) is 0 Å². The van der Waals surface area contributed by atoms with Gasteiger partial charge in [-0.2, -0.15) is 0 Å². The number of halogens is 2. The predicted molar refractivity (Wildman–Crippen MR) is 158 cm³/mol. The molecule has 3 fully saturated rings. The Labute approximate surface area is 243 Å². The highest BCUT2D eigenvalue weighted by atomic mass is 32.2. The minimum atomic E-state index is -3.75. The molecule has 2 aliphatic heterocycles. The Morgan fingerprint density at radius 1 is 0.952 bits per heavy atom. The van der Waals surface area contributed by atoms with Crippen LogP contribution in [-0.2, 0) is 10.0 Å². The Bertz CT molecular complexity index is 1590. The fourth-order valence-corrected chi connectivity index (χ4v) is 6.73. The Balaban J connectivity index is 1.30. The van der Waals surface area contributed by atoms with Crippen LogP contribution >= 0.6 is 0 Å². The third-order valence-electron chi connectivity index (χ3n) is 8.62. The molecule has 0 bridgehead atoms. The molecule has 0 atom stereocenters. The van der Waals surface area contributed by atoms with Gasteiger partial charge in [-0.3, -0.25) is 14.5 Å². The molecule has 1 aromatic carbocycles. The lowest BCUT2D eigenvalue weighted by Crippen LogP contribution is -2.39. The standard InChI is InChI=1S/C29H34F2N6O4S/c30-29(31)9-14-37(15-10-29)24-19-25(33-22-2-1-11-32-26(22)24)34-27(39)21-4-3-20(35-42(40,41)17-16-38)18-23(21)36-12-7-28(5-6-28)8-13-36/h1-4,11,18-19,35,38H,5-10,12-17H2,(H,33,34,39). The van der Waals surface area contributed by atoms with Crippen molar-refractivity contribution in [1.82, 2.24) is 9.97 Å². The van der Waals surface area contributed by atoms with Crippen LogP contribution in [0.2, 0.25) is 0 Å². The van der Waals surface area contributed by atoms with Crippen LogP contribution in [0.1, 0.15) is 48.9 Å². The first-order valence-electron chi connectivity index (χ1n) is 14.3. The number of fused-ring (bicyclic) bond motifs is 1. The number of carbonyl (C=O) groups is 1. The number of aliphatic hydroxyl groups is 1. The quantitative estimate of drug-likeness (QED) is 0.351. The van der Waals surface area contributed by atoms with Crippen molar-refractivity contribution in [3.63, 3.8) is 0 Å². The zero-order valence-corrected chi connectivity index (χ0v) is 24.0. The minimum absolute atomic E-state index is 0.157. The fraction of sp³-hybridized carbons (Fsp3) is 0.483. The van der Waals surface area contributed by atoms with Crippen molar-refractivity contribution in [3.8, 4) is 0 Å². The minimum Gasteiger partial charge on any atom is -0.395 e. The van der Waals surface area contributed by atoms with E-state index in [4.69, 9.17) is 5.11 Å². The molecule has 3 aromatic rings. The number of hydrogen-bond donors (Lipinski definition) is 3. The summed E-state index contributed by atoms with van der Waals surface area (Å²) in [6, 6.07) is 9.93. The molecule has 1 amide bonds. The number of piperidine rings is 2. The van der Waals surface area contributed by atoms with Gasteiger partial charge in [0.25, 0.3) is 11.8 Å². The van der Waals surface area contributed by atoms with Gasteiger partial charge in [0.2, 0.25) is 10.0 Å². The average Bonchev–Trinajstić information content (AvgIpc) is 3.71. The molecule has 1 spiro atoms. The van der Waals surface area contributed by atoms with Crippen molar-refractivity contribution in [2.45, 2.75) is 44.4 Å². The molecule has 4 heterocycles. The second kappa shape index (κ2) is 10.9. The Kier molecular flexibility index (Phi) is 7.42. The molecule has 0 unspecified atom stereocenters. The number of sulfonamides is 1. The highest BCUT2D eigenvalue weighted by molar-refractivity contribution is 7.92. The van der Waals surface area contributed by atoms with Crippen molar-refractivity contribution in [2.75, 3.05) is 58.4 Å². The number of amides is 1. The van der Waals surface area contributed by atoms with Gasteiger partial charge in [0, 0.05) is 51.3 Å². The van der Waals surface area contributed by atoms with E-state index in [1.807, 2.05) is 4.90 Å². The first-order valence-corrected chi connectivity index (χ1v) is 15.9. The molecule has 3 aliphatic rings. The summed E-state index contributed by atoms with van der Waals surface area (Å²) >= 11 is 0. The molecule has 6 rings (SSSR count). The zero-order valence-electron chi connectivity index (χ0n) is 23.2. The number of aromatic nitrogens is 2. The van der Waals surface area contributed by atoms with Crippen molar-refractivity contribution in [3.05, 3.63) is 48.2 Å². The SMILES string of the molecule is O=C(Nc1cc(N2CCC(F)(F)CC2)c2ncccc2n1)c1ccc(NS(=O)(=O)CCO)cc1N1CCC2(CC1)CC2. The Morgan fingerprint density at radius 3 is 2.33 bits per heavy atom. The molecule has 2 aromatic heterocycles. The number of nitrogens with zero attached hydrogens (tertiary/aromatic N) is 4. The molecule has 42 heavy (non-hydrogen) atoms. The van der Waals surface area contributed by atoms with E-state index < -0.39 is 34.2 Å². The maximum Gasteiger partial charge on any atom is 0.258 e. The summed E-state index contributed by atoms with van der Waals surface area (Å²) in [7, 11) is -3.75. The molecular formula is C29H34F2N6O4S. The summed E-state index contributed by atoms with van der Waals surface area (Å²) < 4.78 is 54.9. The number of carbonyl (C=O) groups excluding carboxylic acids is 1. The maximum atomic E-state index is 13.9. The number of benzene rings is 1. The summed E-state index contributed by atoms with van der Waals surface area (Å²) in [4.78, 5) is 26.7. The van der Waals surface area contributed by atoms with Gasteiger partial charge in [-0.15, -0.1) is 0 Å². The number of pyridine rings is 2. The Hall–Kier alpha value is -3.58. The summed E-state index contributed by atoms with van der Waals surface area (Å²) in [6.07, 6.45) is 5.54. The highest BCUT2D eigenvalue weighted by Gasteiger charge is 2.44. The van der Waals surface area contributed by atoms with E-state index in [9.17, 15) is 22.0 Å². The molecule has 13 heteroatoms. The van der Waals surface area contributed by atoms with Gasteiger partial charge >= 0.3 is 0 Å². The van der Waals surface area contributed by atoms with Gasteiger partial charge < -0.3 is 20.2 Å².